The Morgan fingerprint density at radius 2 is 1.55 bits per heavy atom. The lowest BCUT2D eigenvalue weighted by atomic mass is 9.53. The Kier molecular flexibility index (Phi) is 5.25. The van der Waals surface area contributed by atoms with Crippen LogP contribution in [0.3, 0.4) is 0 Å². The van der Waals surface area contributed by atoms with Gasteiger partial charge in [-0.2, -0.15) is 8.78 Å². The summed E-state index contributed by atoms with van der Waals surface area (Å²) in [5.74, 6) is -3.03. The Bertz CT molecular complexity index is 1140. The van der Waals surface area contributed by atoms with Crippen LogP contribution < -0.4 is 0 Å². The van der Waals surface area contributed by atoms with Gasteiger partial charge in [0, 0.05) is 23.7 Å². The van der Waals surface area contributed by atoms with Crippen molar-refractivity contribution in [3.05, 3.63) is 0 Å². The van der Waals surface area contributed by atoms with Crippen molar-refractivity contribution in [3.63, 3.8) is 0 Å². The number of hydrogen-bond donors (Lipinski definition) is 0. The third-order valence-corrected chi connectivity index (χ3v) is 15.6. The van der Waals surface area contributed by atoms with Crippen LogP contribution in [0.1, 0.15) is 64.2 Å². The fraction of sp³-hybridized carbons (Fsp3) is 0.933. The quantitative estimate of drug-likeness (QED) is 0.227. The minimum Gasteiger partial charge on any atom is -0.462 e. The van der Waals surface area contributed by atoms with E-state index in [1.807, 2.05) is 0 Å². The number of halogens is 4. The minimum absolute atomic E-state index is 0.0864. The molecule has 222 valence electrons. The van der Waals surface area contributed by atoms with Gasteiger partial charge in [-0.1, -0.05) is 25.2 Å². The molecule has 3 spiro atoms. The second kappa shape index (κ2) is 8.04. The van der Waals surface area contributed by atoms with Crippen LogP contribution in [0, 0.1) is 52.3 Å². The highest BCUT2D eigenvalue weighted by Gasteiger charge is 2.82. The molecule has 7 bridgehead atoms. The maximum atomic E-state index is 15.3. The first-order valence-electron chi connectivity index (χ1n) is 15.3. The molecular formula is C30H38F3IO6. The topological polar surface area (TPSA) is 63.2 Å². The SMILES string of the molecule is C=IC1(F)COC2(OCC1(F)F)C1CC3(C(=O)OCC4COC5(O4)C4CC6CC(C4)CC5C6)CC4CC2C4(C1)C3. The standard InChI is InChI=1S/C30H38F3IO6/c1-34-28(33)15-39-30(38-14-27(28,31)32)21-9-25(8-20-7-23(30)26(20,10-21)13-25)24(35)36-11-22-12-37-29(40-22)18-3-16-2-17(5-18)6-19(29)4-16/h16-23H,1-15H2. The summed E-state index contributed by atoms with van der Waals surface area (Å²) < 4.78 is 76.8. The largest absolute Gasteiger partial charge is 0.462 e. The highest BCUT2D eigenvalue weighted by molar-refractivity contribution is 14.2. The number of esters is 1. The van der Waals surface area contributed by atoms with Crippen LogP contribution in [-0.2, 0) is 28.5 Å². The molecule has 0 aromatic heterocycles. The molecule has 0 N–H and O–H groups in total. The normalized spacial score (nSPS) is 59.8. The van der Waals surface area contributed by atoms with E-state index in [0.29, 0.717) is 37.2 Å². The fourth-order valence-electron chi connectivity index (χ4n) is 12.0. The highest BCUT2D eigenvalue weighted by Crippen LogP contribution is 2.82. The monoisotopic (exact) mass is 678 g/mol. The fourth-order valence-corrected chi connectivity index (χ4v) is 13.1. The van der Waals surface area contributed by atoms with Crippen molar-refractivity contribution in [3.8, 4) is 0 Å². The molecule has 2 saturated heterocycles. The lowest BCUT2D eigenvalue weighted by Gasteiger charge is -2.58. The zero-order valence-corrected chi connectivity index (χ0v) is 24.8. The molecule has 40 heavy (non-hydrogen) atoms. The number of ether oxygens (including phenoxy) is 5. The molecule has 8 saturated carbocycles. The molecule has 10 fully saturated rings. The Morgan fingerprint density at radius 1 is 0.850 bits per heavy atom. The first-order valence-corrected chi connectivity index (χ1v) is 17.9. The molecule has 0 aromatic carbocycles. The van der Waals surface area contributed by atoms with Crippen molar-refractivity contribution in [2.24, 2.45) is 52.3 Å². The molecule has 2 heterocycles. The molecule has 8 atom stereocenters. The zero-order chi connectivity index (χ0) is 27.3. The van der Waals surface area contributed by atoms with Gasteiger partial charge in [0.05, 0.1) is 18.6 Å². The second-order valence-electron chi connectivity index (χ2n) is 15.0. The van der Waals surface area contributed by atoms with E-state index in [2.05, 4.69) is 4.51 Å². The van der Waals surface area contributed by atoms with Crippen molar-refractivity contribution in [2.45, 2.75) is 91.5 Å². The van der Waals surface area contributed by atoms with E-state index in [-0.39, 0.29) is 35.9 Å². The van der Waals surface area contributed by atoms with Gasteiger partial charge in [0.25, 0.3) is 0 Å². The van der Waals surface area contributed by atoms with Crippen molar-refractivity contribution >= 4 is 31.2 Å². The van der Waals surface area contributed by atoms with Gasteiger partial charge >= 0.3 is 11.9 Å². The number of fused-ring (bicyclic) bond motifs is 4. The summed E-state index contributed by atoms with van der Waals surface area (Å²) in [7, 11) is 0. The van der Waals surface area contributed by atoms with Crippen LogP contribution in [-0.4, -0.2) is 64.2 Å². The van der Waals surface area contributed by atoms with E-state index in [1.165, 1.54) is 32.1 Å². The van der Waals surface area contributed by atoms with Crippen molar-refractivity contribution < 1.29 is 41.7 Å². The Balaban J connectivity index is 0.910. The lowest BCUT2D eigenvalue weighted by Crippen LogP contribution is -2.58. The van der Waals surface area contributed by atoms with Crippen molar-refractivity contribution in [1.29, 1.82) is 0 Å². The number of carbonyl (C=O) groups is 1. The van der Waals surface area contributed by atoms with Crippen LogP contribution in [0.25, 0.3) is 0 Å². The predicted molar refractivity (Wildman–Crippen MR) is 145 cm³/mol. The lowest BCUT2D eigenvalue weighted by molar-refractivity contribution is -0.302. The number of carbonyl (C=O) groups excluding carboxylic acids is 1. The van der Waals surface area contributed by atoms with Gasteiger partial charge in [-0.05, 0) is 87.4 Å². The van der Waals surface area contributed by atoms with E-state index in [9.17, 15) is 13.6 Å². The van der Waals surface area contributed by atoms with E-state index in [1.54, 1.807) is 0 Å². The van der Waals surface area contributed by atoms with Gasteiger partial charge in [0.2, 0.25) is 3.68 Å². The van der Waals surface area contributed by atoms with Crippen LogP contribution >= 0.6 is 20.7 Å². The van der Waals surface area contributed by atoms with Gasteiger partial charge in [-0.15, -0.1) is 0 Å². The Hall–Kier alpha value is -0.300. The van der Waals surface area contributed by atoms with Gasteiger partial charge < -0.3 is 23.7 Å². The number of hydrogen-bond acceptors (Lipinski definition) is 6. The Morgan fingerprint density at radius 3 is 2.27 bits per heavy atom. The molecule has 2 aliphatic heterocycles. The van der Waals surface area contributed by atoms with Crippen LogP contribution in [0.5, 0.6) is 0 Å². The number of rotatable bonds is 4. The summed E-state index contributed by atoms with van der Waals surface area (Å²) in [6.45, 7) is -1.04. The van der Waals surface area contributed by atoms with Crippen LogP contribution in [0.2, 0.25) is 0 Å². The number of alkyl halides is 4. The predicted octanol–water partition coefficient (Wildman–Crippen LogP) is 5.37. The van der Waals surface area contributed by atoms with Crippen molar-refractivity contribution in [2.75, 3.05) is 26.4 Å². The third kappa shape index (κ3) is 3.07. The van der Waals surface area contributed by atoms with E-state index < -0.39 is 60.5 Å². The summed E-state index contributed by atoms with van der Waals surface area (Å²) in [5, 5.41) is 0. The minimum atomic E-state index is -3.63. The molecule has 0 amide bonds. The summed E-state index contributed by atoms with van der Waals surface area (Å²) in [6, 6.07) is 0. The zero-order valence-electron chi connectivity index (χ0n) is 22.7. The summed E-state index contributed by atoms with van der Waals surface area (Å²) >= 11 is -1.67. The summed E-state index contributed by atoms with van der Waals surface area (Å²) in [4.78, 5) is 13.8. The molecular weight excluding hydrogens is 640 g/mol. The summed E-state index contributed by atoms with van der Waals surface area (Å²) in [6.07, 6.45) is 9.33. The molecule has 10 heteroatoms. The van der Waals surface area contributed by atoms with E-state index in [0.717, 1.165) is 31.1 Å². The van der Waals surface area contributed by atoms with Crippen LogP contribution in [0.4, 0.5) is 13.2 Å². The maximum Gasteiger partial charge on any atom is 0.315 e. The maximum absolute atomic E-state index is 15.3. The summed E-state index contributed by atoms with van der Waals surface area (Å²) in [5.41, 5.74) is -0.837. The average molecular weight is 679 g/mol. The average Bonchev–Trinajstić information content (AvgIpc) is 3.44. The van der Waals surface area contributed by atoms with Gasteiger partial charge in [0.15, 0.2) is 11.6 Å². The van der Waals surface area contributed by atoms with Gasteiger partial charge in [-0.3, -0.25) is 4.79 Å². The molecule has 10 aliphatic rings. The Labute approximate surface area is 242 Å². The second-order valence-corrected chi connectivity index (χ2v) is 17.5. The van der Waals surface area contributed by atoms with Gasteiger partial charge in [-0.25, -0.2) is 4.39 Å². The third-order valence-electron chi connectivity index (χ3n) is 13.3. The highest BCUT2D eigenvalue weighted by atomic mass is 127. The van der Waals surface area contributed by atoms with Gasteiger partial charge in [0.1, 0.15) is 19.3 Å². The molecule has 6 nitrogen and oxygen atoms in total. The first kappa shape index (κ1) is 26.1. The molecule has 8 unspecified atom stereocenters. The van der Waals surface area contributed by atoms with Crippen molar-refractivity contribution in [1.82, 2.24) is 0 Å². The van der Waals surface area contributed by atoms with E-state index >= 15 is 4.39 Å². The molecule has 8 aliphatic carbocycles. The first-order chi connectivity index (χ1) is 19.1. The molecule has 10 rings (SSSR count). The molecule has 0 aromatic rings. The van der Waals surface area contributed by atoms with Crippen LogP contribution in [0.15, 0.2) is 0 Å². The molecule has 0 radical (unpaired) electrons. The smallest absolute Gasteiger partial charge is 0.315 e. The van der Waals surface area contributed by atoms with E-state index in [4.69, 9.17) is 23.7 Å².